The van der Waals surface area contributed by atoms with Gasteiger partial charge in [-0.15, -0.1) is 0 Å². The Kier molecular flexibility index (Phi) is 4.05. The van der Waals surface area contributed by atoms with Crippen molar-refractivity contribution >= 4 is 10.0 Å². The van der Waals surface area contributed by atoms with Gasteiger partial charge in [-0.05, 0) is 44.4 Å². The van der Waals surface area contributed by atoms with Crippen LogP contribution in [0.15, 0.2) is 45.6 Å². The van der Waals surface area contributed by atoms with Crippen LogP contribution in [0.5, 0.6) is 0 Å². The third kappa shape index (κ3) is 3.05. The van der Waals surface area contributed by atoms with Crippen LogP contribution in [0, 0.1) is 0 Å². The lowest BCUT2D eigenvalue weighted by Gasteiger charge is -2.41. The number of rotatable bonds is 3. The molecule has 2 aromatic heterocycles. The maximum atomic E-state index is 12.9. The van der Waals surface area contributed by atoms with Crippen molar-refractivity contribution in [2.75, 3.05) is 19.7 Å². The first kappa shape index (κ1) is 16.6. The predicted octanol–water partition coefficient (Wildman–Crippen LogP) is 2.56. The Morgan fingerprint density at radius 2 is 2.04 bits per heavy atom. The molecule has 0 aromatic carbocycles. The highest BCUT2D eigenvalue weighted by atomic mass is 32.2. The summed E-state index contributed by atoms with van der Waals surface area (Å²) in [4.78, 5) is 0. The maximum Gasteiger partial charge on any atom is 0.276 e. The lowest BCUT2D eigenvalue weighted by molar-refractivity contribution is -0.0463. The van der Waals surface area contributed by atoms with E-state index in [1.807, 2.05) is 0 Å². The van der Waals surface area contributed by atoms with Crippen LogP contribution in [0.25, 0.3) is 11.5 Å². The topological polar surface area (TPSA) is 88.4 Å². The molecule has 0 saturated carbocycles. The van der Waals surface area contributed by atoms with Gasteiger partial charge in [-0.3, -0.25) is 5.10 Å². The molecule has 8 heteroatoms. The van der Waals surface area contributed by atoms with Crippen LogP contribution in [-0.4, -0.2) is 48.2 Å². The Balaban J connectivity index is 1.51. The second-order valence-corrected chi connectivity index (χ2v) is 8.52. The molecule has 4 rings (SSSR count). The van der Waals surface area contributed by atoms with Gasteiger partial charge in [-0.2, -0.15) is 9.40 Å². The smallest absolute Gasteiger partial charge is 0.276 e. The first-order chi connectivity index (χ1) is 12.0. The van der Waals surface area contributed by atoms with Crippen LogP contribution in [0.4, 0.5) is 0 Å². The van der Waals surface area contributed by atoms with Crippen LogP contribution in [0.3, 0.4) is 0 Å². The molecule has 0 aliphatic carbocycles. The fourth-order valence-corrected chi connectivity index (χ4v) is 4.85. The summed E-state index contributed by atoms with van der Waals surface area (Å²) in [6.07, 6.45) is 6.04. The van der Waals surface area contributed by atoms with Crippen molar-refractivity contribution < 1.29 is 17.6 Å². The van der Waals surface area contributed by atoms with Gasteiger partial charge in [0.1, 0.15) is 5.69 Å². The van der Waals surface area contributed by atoms with Gasteiger partial charge in [0, 0.05) is 19.3 Å². The minimum Gasteiger partial charge on any atom is -0.442 e. The molecule has 2 aliphatic rings. The molecule has 0 amide bonds. The second-order valence-electron chi connectivity index (χ2n) is 6.65. The number of sulfonamides is 1. The van der Waals surface area contributed by atoms with E-state index in [1.54, 1.807) is 18.3 Å². The number of aromatic amines is 1. The Hall–Kier alpha value is -1.90. The SMILES string of the molecule is CC1=CC2(CCN(S(=O)(=O)c3ccc(-c4ccn[nH]4)o3)CC2)OCC1. The van der Waals surface area contributed by atoms with Crippen molar-refractivity contribution in [2.45, 2.75) is 36.9 Å². The summed E-state index contributed by atoms with van der Waals surface area (Å²) in [5.41, 5.74) is 1.66. The monoisotopic (exact) mass is 363 g/mol. The Labute approximate surface area is 146 Å². The van der Waals surface area contributed by atoms with E-state index in [2.05, 4.69) is 23.2 Å². The number of hydrogen-bond donors (Lipinski definition) is 1. The Morgan fingerprint density at radius 1 is 1.24 bits per heavy atom. The molecule has 134 valence electrons. The molecule has 1 spiro atoms. The third-order valence-corrected chi connectivity index (χ3v) is 6.68. The van der Waals surface area contributed by atoms with E-state index < -0.39 is 10.0 Å². The number of nitrogens with zero attached hydrogens (tertiary/aromatic N) is 2. The molecular formula is C17H21N3O4S. The van der Waals surface area contributed by atoms with Crippen molar-refractivity contribution in [2.24, 2.45) is 0 Å². The van der Waals surface area contributed by atoms with Crippen LogP contribution in [-0.2, 0) is 14.8 Å². The van der Waals surface area contributed by atoms with Crippen LogP contribution in [0.1, 0.15) is 26.2 Å². The quantitative estimate of drug-likeness (QED) is 0.847. The average Bonchev–Trinajstić information content (AvgIpc) is 3.27. The zero-order valence-electron chi connectivity index (χ0n) is 14.1. The van der Waals surface area contributed by atoms with Gasteiger partial charge in [-0.1, -0.05) is 11.6 Å². The van der Waals surface area contributed by atoms with E-state index >= 15 is 0 Å². The minimum atomic E-state index is -3.65. The summed E-state index contributed by atoms with van der Waals surface area (Å²) >= 11 is 0. The van der Waals surface area contributed by atoms with Gasteiger partial charge >= 0.3 is 0 Å². The van der Waals surface area contributed by atoms with Gasteiger partial charge in [0.05, 0.1) is 12.2 Å². The third-order valence-electron chi connectivity index (χ3n) is 4.91. The maximum absolute atomic E-state index is 12.9. The summed E-state index contributed by atoms with van der Waals surface area (Å²) in [6.45, 7) is 3.66. The molecule has 0 unspecified atom stereocenters. The van der Waals surface area contributed by atoms with Gasteiger partial charge in [0.2, 0.25) is 5.09 Å². The number of ether oxygens (including phenoxy) is 1. The number of piperidine rings is 1. The second kappa shape index (κ2) is 6.12. The number of aromatic nitrogens is 2. The van der Waals surface area contributed by atoms with E-state index in [0.717, 1.165) is 6.42 Å². The molecule has 4 heterocycles. The molecule has 1 N–H and O–H groups in total. The molecule has 0 atom stereocenters. The molecule has 25 heavy (non-hydrogen) atoms. The van der Waals surface area contributed by atoms with Crippen LogP contribution in [0.2, 0.25) is 0 Å². The average molecular weight is 363 g/mol. The Bertz CT molecular complexity index is 875. The Morgan fingerprint density at radius 3 is 2.72 bits per heavy atom. The van der Waals surface area contributed by atoms with Crippen LogP contribution < -0.4 is 0 Å². The van der Waals surface area contributed by atoms with Gasteiger partial charge in [-0.25, -0.2) is 8.42 Å². The van der Waals surface area contributed by atoms with E-state index in [0.29, 0.717) is 44.0 Å². The zero-order chi connectivity index (χ0) is 17.5. The molecule has 2 aliphatic heterocycles. The van der Waals surface area contributed by atoms with Gasteiger partial charge in [0.15, 0.2) is 5.76 Å². The van der Waals surface area contributed by atoms with E-state index in [-0.39, 0.29) is 10.7 Å². The summed E-state index contributed by atoms with van der Waals surface area (Å²) < 4.78 is 38.7. The van der Waals surface area contributed by atoms with Crippen molar-refractivity contribution in [3.05, 3.63) is 36.0 Å². The van der Waals surface area contributed by atoms with Crippen molar-refractivity contribution in [1.82, 2.24) is 14.5 Å². The molecule has 7 nitrogen and oxygen atoms in total. The normalized spacial score (nSPS) is 21.4. The molecular weight excluding hydrogens is 342 g/mol. The number of furan rings is 1. The summed E-state index contributed by atoms with van der Waals surface area (Å²) in [6, 6.07) is 4.87. The van der Waals surface area contributed by atoms with E-state index in [9.17, 15) is 8.42 Å². The first-order valence-corrected chi connectivity index (χ1v) is 9.85. The molecule has 1 fully saturated rings. The number of H-pyrrole nitrogens is 1. The lowest BCUT2D eigenvalue weighted by atomic mass is 9.88. The molecule has 2 aromatic rings. The minimum absolute atomic E-state index is 0.0377. The highest BCUT2D eigenvalue weighted by Gasteiger charge is 2.40. The van der Waals surface area contributed by atoms with Crippen LogP contribution >= 0.6 is 0 Å². The highest BCUT2D eigenvalue weighted by molar-refractivity contribution is 7.89. The summed E-state index contributed by atoms with van der Waals surface area (Å²) in [5.74, 6) is 0.457. The fourth-order valence-electron chi connectivity index (χ4n) is 3.50. The van der Waals surface area contributed by atoms with Crippen molar-refractivity contribution in [3.8, 4) is 11.5 Å². The van der Waals surface area contributed by atoms with Crippen molar-refractivity contribution in [1.29, 1.82) is 0 Å². The van der Waals surface area contributed by atoms with E-state index in [1.165, 1.54) is 15.9 Å². The summed E-state index contributed by atoms with van der Waals surface area (Å²) in [7, 11) is -3.65. The molecule has 0 bridgehead atoms. The lowest BCUT2D eigenvalue weighted by Crippen LogP contribution is -2.48. The highest BCUT2D eigenvalue weighted by Crippen LogP contribution is 2.35. The fraction of sp³-hybridized carbons (Fsp3) is 0.471. The van der Waals surface area contributed by atoms with Gasteiger partial charge < -0.3 is 9.15 Å². The number of nitrogens with one attached hydrogen (secondary N) is 1. The van der Waals surface area contributed by atoms with E-state index in [4.69, 9.17) is 9.15 Å². The largest absolute Gasteiger partial charge is 0.442 e. The number of hydrogen-bond acceptors (Lipinski definition) is 5. The first-order valence-electron chi connectivity index (χ1n) is 8.41. The standard InChI is InChI=1S/C17H21N3O4S/c1-13-5-11-23-17(12-13)6-9-20(10-7-17)25(21,22)16-3-2-15(24-16)14-4-8-18-19-14/h2-4,8,12H,5-7,9-11H2,1H3,(H,18,19). The molecule has 1 saturated heterocycles. The van der Waals surface area contributed by atoms with Crippen molar-refractivity contribution in [3.63, 3.8) is 0 Å². The zero-order valence-corrected chi connectivity index (χ0v) is 14.9. The predicted molar refractivity (Wildman–Crippen MR) is 91.3 cm³/mol. The van der Waals surface area contributed by atoms with Gasteiger partial charge in [0.25, 0.3) is 10.0 Å². The summed E-state index contributed by atoms with van der Waals surface area (Å²) in [5, 5.41) is 6.58. The molecule has 0 radical (unpaired) electrons.